The molecule has 4 nitrogen and oxygen atoms in total. The van der Waals surface area contributed by atoms with E-state index in [0.717, 1.165) is 38.0 Å². The Hall–Kier alpha value is -1.55. The Kier molecular flexibility index (Phi) is 4.80. The van der Waals surface area contributed by atoms with Gasteiger partial charge in [-0.1, -0.05) is 13.3 Å². The van der Waals surface area contributed by atoms with Gasteiger partial charge in [-0.3, -0.25) is 0 Å². The van der Waals surface area contributed by atoms with Crippen molar-refractivity contribution in [3.05, 3.63) is 29.8 Å². The van der Waals surface area contributed by atoms with Crippen molar-refractivity contribution in [2.24, 2.45) is 0 Å². The highest BCUT2D eigenvalue weighted by atomic mass is 16.5. The fourth-order valence-corrected chi connectivity index (χ4v) is 2.48. The summed E-state index contributed by atoms with van der Waals surface area (Å²) in [6.45, 7) is 2.97. The molecule has 1 saturated heterocycles. The van der Waals surface area contributed by atoms with Crippen LogP contribution in [0.4, 0.5) is 5.69 Å². The van der Waals surface area contributed by atoms with E-state index >= 15 is 0 Å². The van der Waals surface area contributed by atoms with Gasteiger partial charge < -0.3 is 15.2 Å². The van der Waals surface area contributed by atoms with Crippen molar-refractivity contribution in [1.29, 1.82) is 0 Å². The largest absolute Gasteiger partial charge is 0.478 e. The van der Waals surface area contributed by atoms with Crippen LogP contribution in [0, 0.1) is 0 Å². The highest BCUT2D eigenvalue weighted by Crippen LogP contribution is 2.21. The number of rotatable bonds is 5. The normalized spacial score (nSPS) is 23.0. The van der Waals surface area contributed by atoms with Crippen molar-refractivity contribution in [3.63, 3.8) is 0 Å². The third-order valence-electron chi connectivity index (χ3n) is 3.48. The van der Waals surface area contributed by atoms with Crippen molar-refractivity contribution in [2.45, 2.75) is 44.8 Å². The molecule has 1 fully saturated rings. The van der Waals surface area contributed by atoms with Gasteiger partial charge in [-0.2, -0.15) is 0 Å². The third kappa shape index (κ3) is 3.96. The highest BCUT2D eigenvalue weighted by molar-refractivity contribution is 5.87. The lowest BCUT2D eigenvalue weighted by Gasteiger charge is -2.30. The summed E-state index contributed by atoms with van der Waals surface area (Å²) in [7, 11) is 0. The lowest BCUT2D eigenvalue weighted by Crippen LogP contribution is -2.33. The number of nitrogens with one attached hydrogen (secondary N) is 1. The fourth-order valence-electron chi connectivity index (χ4n) is 2.48. The summed E-state index contributed by atoms with van der Waals surface area (Å²) >= 11 is 0. The smallest absolute Gasteiger partial charge is 0.335 e. The lowest BCUT2D eigenvalue weighted by atomic mass is 10.00. The van der Waals surface area contributed by atoms with E-state index in [1.54, 1.807) is 12.1 Å². The van der Waals surface area contributed by atoms with E-state index in [9.17, 15) is 4.79 Å². The van der Waals surface area contributed by atoms with Crippen LogP contribution < -0.4 is 5.32 Å². The number of hydrogen-bond donors (Lipinski definition) is 2. The zero-order valence-corrected chi connectivity index (χ0v) is 11.3. The van der Waals surface area contributed by atoms with Crippen LogP contribution >= 0.6 is 0 Å². The zero-order chi connectivity index (χ0) is 13.7. The third-order valence-corrected chi connectivity index (χ3v) is 3.48. The average molecular weight is 263 g/mol. The molecule has 1 aliphatic rings. The van der Waals surface area contributed by atoms with Gasteiger partial charge in [0.05, 0.1) is 11.7 Å². The Labute approximate surface area is 113 Å². The molecule has 0 radical (unpaired) electrons. The van der Waals surface area contributed by atoms with Gasteiger partial charge in [-0.15, -0.1) is 0 Å². The molecule has 0 amide bonds. The number of aromatic carboxylic acids is 1. The number of carbonyl (C=O) groups is 1. The molecule has 2 N–H and O–H groups in total. The molecule has 104 valence electrons. The Morgan fingerprint density at radius 2 is 2.16 bits per heavy atom. The second-order valence-electron chi connectivity index (χ2n) is 5.03. The van der Waals surface area contributed by atoms with E-state index in [1.165, 1.54) is 0 Å². The van der Waals surface area contributed by atoms with Gasteiger partial charge in [0.1, 0.15) is 0 Å². The van der Waals surface area contributed by atoms with Crippen LogP contribution in [0.3, 0.4) is 0 Å². The Bertz CT molecular complexity index is 414. The standard InChI is InChI=1S/C15H21NO3/c1-2-3-14-10-13(8-9-19-14)16-12-6-4-11(5-7-12)15(17)18/h4-7,13-14,16H,2-3,8-10H2,1H3,(H,17,18). The van der Waals surface area contributed by atoms with Crippen molar-refractivity contribution in [1.82, 2.24) is 0 Å². The minimum absolute atomic E-state index is 0.321. The summed E-state index contributed by atoms with van der Waals surface area (Å²) in [5.41, 5.74) is 1.30. The molecule has 0 saturated carbocycles. The summed E-state index contributed by atoms with van der Waals surface area (Å²) < 4.78 is 5.72. The van der Waals surface area contributed by atoms with Crippen molar-refractivity contribution < 1.29 is 14.6 Å². The summed E-state index contributed by atoms with van der Waals surface area (Å²) in [6, 6.07) is 7.34. The molecule has 2 rings (SSSR count). The number of carboxylic acids is 1. The van der Waals surface area contributed by atoms with Crippen LogP contribution in [0.1, 0.15) is 43.0 Å². The number of benzene rings is 1. The van der Waals surface area contributed by atoms with Crippen molar-refractivity contribution >= 4 is 11.7 Å². The van der Waals surface area contributed by atoms with E-state index in [-0.39, 0.29) is 0 Å². The van der Waals surface area contributed by atoms with Gasteiger partial charge >= 0.3 is 5.97 Å². The molecule has 0 spiro atoms. The number of ether oxygens (including phenoxy) is 1. The van der Waals surface area contributed by atoms with Gasteiger partial charge in [-0.25, -0.2) is 4.79 Å². The lowest BCUT2D eigenvalue weighted by molar-refractivity contribution is 0.00598. The quantitative estimate of drug-likeness (QED) is 0.856. The number of hydrogen-bond acceptors (Lipinski definition) is 3. The summed E-state index contributed by atoms with van der Waals surface area (Å²) in [4.78, 5) is 10.8. The van der Waals surface area contributed by atoms with Gasteiger partial charge in [0.2, 0.25) is 0 Å². The van der Waals surface area contributed by atoms with E-state index in [1.807, 2.05) is 12.1 Å². The van der Waals surface area contributed by atoms with Crippen molar-refractivity contribution in [2.75, 3.05) is 11.9 Å². The minimum Gasteiger partial charge on any atom is -0.478 e. The maximum Gasteiger partial charge on any atom is 0.335 e. The molecule has 4 heteroatoms. The second kappa shape index (κ2) is 6.57. The molecular formula is C15H21NO3. The van der Waals surface area contributed by atoms with Crippen LogP contribution in [0.5, 0.6) is 0 Å². The molecule has 1 aliphatic heterocycles. The maximum atomic E-state index is 10.8. The van der Waals surface area contributed by atoms with Crippen LogP contribution in [0.15, 0.2) is 24.3 Å². The van der Waals surface area contributed by atoms with E-state index in [2.05, 4.69) is 12.2 Å². The van der Waals surface area contributed by atoms with Gasteiger partial charge in [0.15, 0.2) is 0 Å². The minimum atomic E-state index is -0.888. The Balaban J connectivity index is 1.91. The van der Waals surface area contributed by atoms with Crippen LogP contribution in [0.2, 0.25) is 0 Å². The molecule has 2 atom stereocenters. The maximum absolute atomic E-state index is 10.8. The molecule has 2 unspecified atom stereocenters. The Morgan fingerprint density at radius 1 is 1.42 bits per heavy atom. The molecule has 1 heterocycles. The van der Waals surface area contributed by atoms with Gasteiger partial charge in [-0.05, 0) is 43.5 Å². The van der Waals surface area contributed by atoms with Gasteiger partial charge in [0, 0.05) is 18.3 Å². The van der Waals surface area contributed by atoms with E-state index < -0.39 is 5.97 Å². The summed E-state index contributed by atoms with van der Waals surface area (Å²) in [5, 5.41) is 12.3. The van der Waals surface area contributed by atoms with Gasteiger partial charge in [0.25, 0.3) is 0 Å². The molecule has 1 aromatic rings. The molecule has 0 aliphatic carbocycles. The zero-order valence-electron chi connectivity index (χ0n) is 11.3. The highest BCUT2D eigenvalue weighted by Gasteiger charge is 2.21. The topological polar surface area (TPSA) is 58.6 Å². The second-order valence-corrected chi connectivity index (χ2v) is 5.03. The summed E-state index contributed by atoms with van der Waals surface area (Å²) in [6.07, 6.45) is 4.63. The first kappa shape index (κ1) is 13.9. The number of carboxylic acid groups (broad SMARTS) is 1. The monoisotopic (exact) mass is 263 g/mol. The van der Waals surface area contributed by atoms with Crippen LogP contribution in [-0.2, 0) is 4.74 Å². The number of anilines is 1. The predicted octanol–water partition coefficient (Wildman–Crippen LogP) is 3.14. The van der Waals surface area contributed by atoms with E-state index in [0.29, 0.717) is 17.7 Å². The molecule has 1 aromatic carbocycles. The van der Waals surface area contributed by atoms with Crippen LogP contribution in [-0.4, -0.2) is 29.8 Å². The molecular weight excluding hydrogens is 242 g/mol. The summed E-state index contributed by atoms with van der Waals surface area (Å²) in [5.74, 6) is -0.888. The molecule has 0 bridgehead atoms. The van der Waals surface area contributed by atoms with Crippen molar-refractivity contribution in [3.8, 4) is 0 Å². The molecule has 0 aromatic heterocycles. The first-order valence-corrected chi connectivity index (χ1v) is 6.90. The van der Waals surface area contributed by atoms with Crippen LogP contribution in [0.25, 0.3) is 0 Å². The fraction of sp³-hybridized carbons (Fsp3) is 0.533. The average Bonchev–Trinajstić information content (AvgIpc) is 2.40. The first-order chi connectivity index (χ1) is 9.19. The Morgan fingerprint density at radius 3 is 2.79 bits per heavy atom. The first-order valence-electron chi connectivity index (χ1n) is 6.90. The van der Waals surface area contributed by atoms with E-state index in [4.69, 9.17) is 9.84 Å². The predicted molar refractivity (Wildman–Crippen MR) is 74.7 cm³/mol. The SMILES string of the molecule is CCCC1CC(Nc2ccc(C(=O)O)cc2)CCO1. The molecule has 19 heavy (non-hydrogen) atoms.